The number of benzene rings is 1. The molecule has 0 amide bonds. The van der Waals surface area contributed by atoms with Crippen LogP contribution >= 0.6 is 7.44 Å². The Kier molecular flexibility index (Phi) is 9.57. The summed E-state index contributed by atoms with van der Waals surface area (Å²) < 4.78 is 27.3. The Labute approximate surface area is 222 Å². The number of carbonyl (C=O) groups excluding carboxylic acids is 1. The standard InChI is InChI=1S/C25H35N8O4P/c1-6-11-36-24(34)25(4,5)32-38(35,31-18(3)20-9-7-19(12-26)8-10-20)16-37-17(2)13-33-15-30-21-22(27)28-14-29-23(21)33/h7-10,14-15,17-18H,6,11,13,16H2,1-5H3,(H2,27,28,29)(H2,31,32,35)/t17-,18-,38+/m1/s1. The number of ether oxygens (including phenoxy) is 2. The molecular formula is C25H35N8O4P. The summed E-state index contributed by atoms with van der Waals surface area (Å²) in [6.45, 7) is 9.48. The zero-order valence-electron chi connectivity index (χ0n) is 22.3. The van der Waals surface area contributed by atoms with E-state index in [1.165, 1.54) is 6.33 Å². The predicted molar refractivity (Wildman–Crippen MR) is 144 cm³/mol. The molecule has 0 saturated carbocycles. The quantitative estimate of drug-likeness (QED) is 0.213. The van der Waals surface area contributed by atoms with Crippen molar-refractivity contribution in [1.29, 1.82) is 5.26 Å². The molecule has 13 heteroatoms. The van der Waals surface area contributed by atoms with Crippen LogP contribution in [0.1, 0.15) is 58.2 Å². The van der Waals surface area contributed by atoms with E-state index >= 15 is 0 Å². The van der Waals surface area contributed by atoms with Crippen LogP contribution in [-0.4, -0.2) is 50.1 Å². The molecule has 3 aromatic rings. The number of imidazole rings is 1. The maximum atomic E-state index is 14.2. The van der Waals surface area contributed by atoms with E-state index in [0.29, 0.717) is 29.7 Å². The van der Waals surface area contributed by atoms with Crippen molar-refractivity contribution in [2.75, 3.05) is 18.7 Å². The Morgan fingerprint density at radius 3 is 2.61 bits per heavy atom. The number of carbonyl (C=O) groups is 1. The minimum absolute atomic E-state index is 0.205. The second-order valence-corrected chi connectivity index (χ2v) is 11.9. The summed E-state index contributed by atoms with van der Waals surface area (Å²) in [4.78, 5) is 25.2. The molecule has 3 rings (SSSR count). The monoisotopic (exact) mass is 542 g/mol. The number of nitrogens with zero attached hydrogens (tertiary/aromatic N) is 5. The molecule has 0 radical (unpaired) electrons. The lowest BCUT2D eigenvalue weighted by Crippen LogP contribution is -2.49. The normalized spacial score (nSPS) is 14.9. The number of hydrogen-bond acceptors (Lipinski definition) is 9. The van der Waals surface area contributed by atoms with Gasteiger partial charge in [0.25, 0.3) is 0 Å². The molecule has 0 fully saturated rings. The largest absolute Gasteiger partial charge is 0.464 e. The maximum Gasteiger partial charge on any atom is 0.326 e. The predicted octanol–water partition coefficient (Wildman–Crippen LogP) is 3.51. The average molecular weight is 543 g/mol. The van der Waals surface area contributed by atoms with Crippen LogP contribution in [0.3, 0.4) is 0 Å². The molecule has 0 aliphatic heterocycles. The van der Waals surface area contributed by atoms with Gasteiger partial charge in [-0.15, -0.1) is 0 Å². The van der Waals surface area contributed by atoms with Crippen LogP contribution < -0.4 is 15.9 Å². The molecule has 12 nitrogen and oxygen atoms in total. The first kappa shape index (κ1) is 29.2. The third-order valence-electron chi connectivity index (χ3n) is 5.77. The van der Waals surface area contributed by atoms with Crippen molar-refractivity contribution >= 4 is 30.4 Å². The number of hydrogen-bond donors (Lipinski definition) is 3. The zero-order chi connectivity index (χ0) is 27.9. The summed E-state index contributed by atoms with van der Waals surface area (Å²) >= 11 is 0. The van der Waals surface area contributed by atoms with Gasteiger partial charge in [-0.3, -0.25) is 9.36 Å². The van der Waals surface area contributed by atoms with E-state index in [0.717, 1.165) is 5.56 Å². The number of rotatable bonds is 13. The number of nitrogen functional groups attached to an aromatic ring is 1. The van der Waals surface area contributed by atoms with E-state index in [1.54, 1.807) is 49.0 Å². The number of aromatic nitrogens is 4. The van der Waals surface area contributed by atoms with Gasteiger partial charge in [-0.05, 0) is 51.8 Å². The molecule has 2 aromatic heterocycles. The van der Waals surface area contributed by atoms with Crippen molar-refractivity contribution in [2.45, 2.75) is 65.3 Å². The molecule has 1 aromatic carbocycles. The molecule has 4 N–H and O–H groups in total. The van der Waals surface area contributed by atoms with Gasteiger partial charge in [0.15, 0.2) is 11.5 Å². The van der Waals surface area contributed by atoms with Crippen molar-refractivity contribution in [2.24, 2.45) is 0 Å². The molecule has 0 saturated heterocycles. The first-order valence-corrected chi connectivity index (χ1v) is 14.2. The van der Waals surface area contributed by atoms with Gasteiger partial charge in [0, 0.05) is 6.04 Å². The van der Waals surface area contributed by atoms with Crippen LogP contribution in [0.5, 0.6) is 0 Å². The number of nitrogens with two attached hydrogens (primary N) is 1. The fourth-order valence-electron chi connectivity index (χ4n) is 3.80. The Balaban J connectivity index is 1.77. The van der Waals surface area contributed by atoms with Gasteiger partial charge in [0.05, 0.1) is 37.2 Å². The van der Waals surface area contributed by atoms with Crippen molar-refractivity contribution in [3.05, 3.63) is 48.0 Å². The van der Waals surface area contributed by atoms with E-state index in [1.807, 2.05) is 20.8 Å². The Bertz CT molecular complexity index is 1340. The lowest BCUT2D eigenvalue weighted by atomic mass is 10.1. The maximum absolute atomic E-state index is 14.2. The SMILES string of the molecule is CCCOC(=O)C(C)(C)N[P@](=O)(CO[C@H](C)Cn1cnc2c(N)ncnc21)N[C@H](C)c1ccc(C#N)cc1. The molecule has 2 heterocycles. The second kappa shape index (κ2) is 12.5. The Morgan fingerprint density at radius 1 is 1.24 bits per heavy atom. The summed E-state index contributed by atoms with van der Waals surface area (Å²) in [6, 6.07) is 8.69. The number of nitriles is 1. The van der Waals surface area contributed by atoms with Crippen LogP contribution in [0.2, 0.25) is 0 Å². The third kappa shape index (κ3) is 7.36. The molecule has 0 aliphatic carbocycles. The Morgan fingerprint density at radius 2 is 1.95 bits per heavy atom. The number of anilines is 1. The smallest absolute Gasteiger partial charge is 0.326 e. The van der Waals surface area contributed by atoms with E-state index in [9.17, 15) is 9.36 Å². The fraction of sp³-hybridized carbons (Fsp3) is 0.480. The van der Waals surface area contributed by atoms with Crippen LogP contribution in [0.15, 0.2) is 36.9 Å². The van der Waals surface area contributed by atoms with Gasteiger partial charge < -0.3 is 19.8 Å². The average Bonchev–Trinajstić information content (AvgIpc) is 3.29. The van der Waals surface area contributed by atoms with E-state index in [2.05, 4.69) is 31.2 Å². The Hall–Kier alpha value is -3.36. The van der Waals surface area contributed by atoms with E-state index in [4.69, 9.17) is 20.5 Å². The number of nitrogens with one attached hydrogen (secondary N) is 2. The first-order valence-electron chi connectivity index (χ1n) is 12.3. The molecule has 204 valence electrons. The van der Waals surface area contributed by atoms with Gasteiger partial charge in [-0.2, -0.15) is 5.26 Å². The van der Waals surface area contributed by atoms with Crippen LogP contribution in [-0.2, 0) is 25.4 Å². The fourth-order valence-corrected chi connectivity index (χ4v) is 6.24. The van der Waals surface area contributed by atoms with Crippen molar-refractivity contribution < 1.29 is 18.8 Å². The highest BCUT2D eigenvalue weighted by molar-refractivity contribution is 7.59. The molecule has 0 unspecified atom stereocenters. The van der Waals surface area contributed by atoms with Crippen LogP contribution in [0.25, 0.3) is 11.2 Å². The van der Waals surface area contributed by atoms with Gasteiger partial charge in [-0.25, -0.2) is 25.1 Å². The molecule has 0 spiro atoms. The van der Waals surface area contributed by atoms with Crippen LogP contribution in [0, 0.1) is 11.3 Å². The van der Waals surface area contributed by atoms with E-state index < -0.39 is 19.0 Å². The van der Waals surface area contributed by atoms with Gasteiger partial charge >= 0.3 is 5.97 Å². The highest BCUT2D eigenvalue weighted by atomic mass is 31.2. The lowest BCUT2D eigenvalue weighted by Gasteiger charge is -2.33. The molecule has 38 heavy (non-hydrogen) atoms. The summed E-state index contributed by atoms with van der Waals surface area (Å²) in [5.41, 5.74) is 7.05. The van der Waals surface area contributed by atoms with Gasteiger partial charge in [-0.1, -0.05) is 19.1 Å². The van der Waals surface area contributed by atoms with Crippen molar-refractivity contribution in [3.63, 3.8) is 0 Å². The van der Waals surface area contributed by atoms with Crippen molar-refractivity contribution in [1.82, 2.24) is 29.7 Å². The lowest BCUT2D eigenvalue weighted by molar-refractivity contribution is -0.149. The summed E-state index contributed by atoms with van der Waals surface area (Å²) in [5, 5.41) is 15.2. The molecule has 0 bridgehead atoms. The molecule has 3 atom stereocenters. The third-order valence-corrected chi connectivity index (χ3v) is 8.01. The summed E-state index contributed by atoms with van der Waals surface area (Å²) in [5.74, 6) is -0.225. The zero-order valence-corrected chi connectivity index (χ0v) is 23.2. The van der Waals surface area contributed by atoms with Crippen LogP contribution in [0.4, 0.5) is 5.82 Å². The van der Waals surface area contributed by atoms with E-state index in [-0.39, 0.29) is 30.9 Å². The molecular weight excluding hydrogens is 507 g/mol. The summed E-state index contributed by atoms with van der Waals surface area (Å²) in [7, 11) is -3.53. The number of fused-ring (bicyclic) bond motifs is 1. The minimum Gasteiger partial charge on any atom is -0.464 e. The summed E-state index contributed by atoms with van der Waals surface area (Å²) in [6.07, 6.45) is 3.05. The van der Waals surface area contributed by atoms with Crippen molar-refractivity contribution in [3.8, 4) is 6.07 Å². The minimum atomic E-state index is -3.53. The second-order valence-electron chi connectivity index (χ2n) is 9.63. The van der Waals surface area contributed by atoms with Gasteiger partial charge in [0.1, 0.15) is 23.7 Å². The molecule has 0 aliphatic rings. The highest BCUT2D eigenvalue weighted by Crippen LogP contribution is 2.42. The highest BCUT2D eigenvalue weighted by Gasteiger charge is 2.38. The first-order chi connectivity index (χ1) is 18.0. The van der Waals surface area contributed by atoms with Gasteiger partial charge in [0.2, 0.25) is 7.44 Å². The number of esters is 1. The topological polar surface area (TPSA) is 170 Å².